The number of halogens is 1. The van der Waals surface area contributed by atoms with Gasteiger partial charge in [0.2, 0.25) is 11.8 Å². The molecule has 0 unspecified atom stereocenters. The minimum Gasteiger partial charge on any atom is -0.385 e. The van der Waals surface area contributed by atoms with Crippen LogP contribution in [0.3, 0.4) is 0 Å². The Morgan fingerprint density at radius 3 is 2.67 bits per heavy atom. The zero-order chi connectivity index (χ0) is 15.8. The molecule has 1 N–H and O–H groups in total. The molecule has 0 saturated carbocycles. The summed E-state index contributed by atoms with van der Waals surface area (Å²) < 4.78 is 4.94. The van der Waals surface area contributed by atoms with Crippen molar-refractivity contribution in [2.75, 3.05) is 32.1 Å². The Labute approximate surface area is 130 Å². The van der Waals surface area contributed by atoms with Gasteiger partial charge in [0.1, 0.15) is 0 Å². The molecule has 0 spiro atoms. The third kappa shape index (κ3) is 6.14. The molecule has 0 radical (unpaired) electrons. The number of methoxy groups -OCH3 is 1. The van der Waals surface area contributed by atoms with Crippen molar-refractivity contribution in [1.82, 2.24) is 4.90 Å². The Morgan fingerprint density at radius 2 is 2.10 bits per heavy atom. The number of nitrogens with zero attached hydrogens (tertiary/aromatic N) is 1. The molecular weight excluding hydrogens is 292 g/mol. The minimum atomic E-state index is -0.248. The van der Waals surface area contributed by atoms with Gasteiger partial charge < -0.3 is 15.0 Å². The van der Waals surface area contributed by atoms with Gasteiger partial charge in [-0.15, -0.1) is 0 Å². The summed E-state index contributed by atoms with van der Waals surface area (Å²) in [5, 5.41) is 3.33. The molecule has 1 aromatic carbocycles. The van der Waals surface area contributed by atoms with E-state index in [1.165, 1.54) is 11.8 Å². The van der Waals surface area contributed by atoms with Gasteiger partial charge in [0.25, 0.3) is 0 Å². The van der Waals surface area contributed by atoms with Gasteiger partial charge in [-0.25, -0.2) is 0 Å². The summed E-state index contributed by atoms with van der Waals surface area (Å²) in [6, 6.07) is 5.30. The van der Waals surface area contributed by atoms with E-state index in [4.69, 9.17) is 16.3 Å². The van der Waals surface area contributed by atoms with E-state index >= 15 is 0 Å². The molecule has 0 aliphatic heterocycles. The van der Waals surface area contributed by atoms with Crippen LogP contribution < -0.4 is 5.32 Å². The molecule has 21 heavy (non-hydrogen) atoms. The Hall–Kier alpha value is -1.59. The molecule has 0 aliphatic rings. The second-order valence-electron chi connectivity index (χ2n) is 4.80. The first kappa shape index (κ1) is 17.5. The fourth-order valence-electron chi connectivity index (χ4n) is 1.79. The van der Waals surface area contributed by atoms with Crippen molar-refractivity contribution >= 4 is 29.1 Å². The molecule has 0 bridgehead atoms. The molecule has 6 heteroatoms. The molecule has 0 fully saturated rings. The van der Waals surface area contributed by atoms with Crippen LogP contribution in [0.2, 0.25) is 5.02 Å². The summed E-state index contributed by atoms with van der Waals surface area (Å²) in [4.78, 5) is 25.0. The van der Waals surface area contributed by atoms with Crippen molar-refractivity contribution in [1.29, 1.82) is 0 Å². The van der Waals surface area contributed by atoms with Crippen LogP contribution in [0.25, 0.3) is 0 Å². The molecule has 1 aromatic rings. The Kier molecular flexibility index (Phi) is 7.19. The van der Waals surface area contributed by atoms with Gasteiger partial charge >= 0.3 is 0 Å². The summed E-state index contributed by atoms with van der Waals surface area (Å²) in [6.07, 6.45) is 0.694. The maximum absolute atomic E-state index is 12.0. The fourth-order valence-corrected chi connectivity index (χ4v) is 1.97. The highest BCUT2D eigenvalue weighted by atomic mass is 35.5. The van der Waals surface area contributed by atoms with E-state index in [0.717, 1.165) is 5.56 Å². The fraction of sp³-hybridized carbons (Fsp3) is 0.467. The zero-order valence-corrected chi connectivity index (χ0v) is 13.4. The first-order valence-corrected chi connectivity index (χ1v) is 7.12. The number of carbonyl (C=O) groups excluding carboxylic acids is 2. The van der Waals surface area contributed by atoms with Crippen molar-refractivity contribution in [3.8, 4) is 0 Å². The van der Waals surface area contributed by atoms with E-state index in [1.807, 2.05) is 13.0 Å². The molecule has 0 aromatic heterocycles. The third-order valence-electron chi connectivity index (χ3n) is 3.01. The van der Waals surface area contributed by atoms with Gasteiger partial charge in [0, 0.05) is 37.9 Å². The van der Waals surface area contributed by atoms with Crippen LogP contribution in [0.4, 0.5) is 5.69 Å². The highest BCUT2D eigenvalue weighted by Gasteiger charge is 2.13. The average Bonchev–Trinajstić information content (AvgIpc) is 2.42. The van der Waals surface area contributed by atoms with Gasteiger partial charge in [-0.2, -0.15) is 0 Å². The monoisotopic (exact) mass is 312 g/mol. The first-order valence-electron chi connectivity index (χ1n) is 6.74. The largest absolute Gasteiger partial charge is 0.385 e. The van der Waals surface area contributed by atoms with E-state index in [9.17, 15) is 9.59 Å². The zero-order valence-electron chi connectivity index (χ0n) is 12.6. The van der Waals surface area contributed by atoms with Crippen LogP contribution in [0.1, 0.15) is 18.9 Å². The predicted octanol–water partition coefficient (Wildman–Crippen LogP) is 2.47. The molecule has 0 saturated heterocycles. The average molecular weight is 313 g/mol. The predicted molar refractivity (Wildman–Crippen MR) is 83.6 cm³/mol. The lowest BCUT2D eigenvalue weighted by molar-refractivity contribution is -0.132. The normalized spacial score (nSPS) is 10.3. The van der Waals surface area contributed by atoms with Gasteiger partial charge in [-0.3, -0.25) is 9.59 Å². The van der Waals surface area contributed by atoms with Crippen LogP contribution in [0.15, 0.2) is 18.2 Å². The standard InChI is InChI=1S/C15H21ClN2O3/c1-11-5-6-13(9-14(11)16)17-15(20)10-18(12(2)19)7-4-8-21-3/h5-6,9H,4,7-8,10H2,1-3H3,(H,17,20). The number of nitrogens with one attached hydrogen (secondary N) is 1. The van der Waals surface area contributed by atoms with Crippen molar-refractivity contribution < 1.29 is 14.3 Å². The highest BCUT2D eigenvalue weighted by molar-refractivity contribution is 6.31. The number of ether oxygens (including phenoxy) is 1. The van der Waals surface area contributed by atoms with Gasteiger partial charge in [0.05, 0.1) is 6.54 Å². The smallest absolute Gasteiger partial charge is 0.243 e. The van der Waals surface area contributed by atoms with Crippen LogP contribution in [0.5, 0.6) is 0 Å². The molecular formula is C15H21ClN2O3. The van der Waals surface area contributed by atoms with E-state index in [-0.39, 0.29) is 18.4 Å². The second kappa shape index (κ2) is 8.64. The maximum atomic E-state index is 12.0. The van der Waals surface area contributed by atoms with E-state index in [0.29, 0.717) is 30.3 Å². The number of benzene rings is 1. The number of amides is 2. The van der Waals surface area contributed by atoms with E-state index < -0.39 is 0 Å². The lowest BCUT2D eigenvalue weighted by atomic mass is 10.2. The van der Waals surface area contributed by atoms with Crippen LogP contribution in [0, 0.1) is 6.92 Å². The van der Waals surface area contributed by atoms with Crippen LogP contribution in [-0.2, 0) is 14.3 Å². The Morgan fingerprint density at radius 1 is 1.38 bits per heavy atom. The lowest BCUT2D eigenvalue weighted by Gasteiger charge is -2.20. The summed E-state index contributed by atoms with van der Waals surface area (Å²) in [7, 11) is 1.60. The number of rotatable bonds is 7. The summed E-state index contributed by atoms with van der Waals surface area (Å²) >= 11 is 6.01. The molecule has 5 nitrogen and oxygen atoms in total. The van der Waals surface area contributed by atoms with Crippen LogP contribution in [-0.4, -0.2) is 43.5 Å². The molecule has 0 heterocycles. The SMILES string of the molecule is COCCCN(CC(=O)Nc1ccc(C)c(Cl)c1)C(C)=O. The van der Waals surface area contributed by atoms with Gasteiger partial charge in [-0.1, -0.05) is 17.7 Å². The number of anilines is 1. The number of hydrogen-bond acceptors (Lipinski definition) is 3. The van der Waals surface area contributed by atoms with E-state index in [2.05, 4.69) is 5.32 Å². The highest BCUT2D eigenvalue weighted by Crippen LogP contribution is 2.19. The third-order valence-corrected chi connectivity index (χ3v) is 3.42. The summed E-state index contributed by atoms with van der Waals surface area (Å²) in [5.74, 6) is -0.384. The number of hydrogen-bond donors (Lipinski definition) is 1. The molecule has 0 aliphatic carbocycles. The van der Waals surface area contributed by atoms with Crippen molar-refractivity contribution in [2.45, 2.75) is 20.3 Å². The summed E-state index contributed by atoms with van der Waals surface area (Å²) in [6.45, 7) is 4.40. The maximum Gasteiger partial charge on any atom is 0.243 e. The van der Waals surface area contributed by atoms with Crippen molar-refractivity contribution in [2.24, 2.45) is 0 Å². The first-order chi connectivity index (χ1) is 9.93. The molecule has 116 valence electrons. The molecule has 1 rings (SSSR count). The van der Waals surface area contributed by atoms with Crippen LogP contribution >= 0.6 is 11.6 Å². The Bertz CT molecular complexity index is 506. The Balaban J connectivity index is 2.56. The molecule has 0 atom stereocenters. The molecule has 2 amide bonds. The number of aryl methyl sites for hydroxylation is 1. The van der Waals surface area contributed by atoms with Gasteiger partial charge in [-0.05, 0) is 31.0 Å². The second-order valence-corrected chi connectivity index (χ2v) is 5.21. The number of carbonyl (C=O) groups is 2. The minimum absolute atomic E-state index is 0.0184. The van der Waals surface area contributed by atoms with Crippen molar-refractivity contribution in [3.05, 3.63) is 28.8 Å². The van der Waals surface area contributed by atoms with E-state index in [1.54, 1.807) is 19.2 Å². The summed E-state index contributed by atoms with van der Waals surface area (Å²) in [5.41, 5.74) is 1.57. The quantitative estimate of drug-likeness (QED) is 0.787. The van der Waals surface area contributed by atoms with Gasteiger partial charge in [0.15, 0.2) is 0 Å². The lowest BCUT2D eigenvalue weighted by Crippen LogP contribution is -2.37. The van der Waals surface area contributed by atoms with Crippen molar-refractivity contribution in [3.63, 3.8) is 0 Å². The topological polar surface area (TPSA) is 58.6 Å².